The Kier molecular flexibility index (Phi) is 5.86. The molecule has 1 aromatic carbocycles. The first kappa shape index (κ1) is 18.9. The smallest absolute Gasteiger partial charge is 0.274 e. The number of nitrogens with zero attached hydrogens (tertiary/aromatic N) is 2. The standard InChI is InChI=1S/C18H18N4O4/c1-11-14(12(2)21-18(24)15(11)9-19)7-8-17(23)20-10-13-5-3-4-6-16(13)22(25)26/h3-6H,7-8,10H2,1-2H3,(H,20,23)(H,21,24). The number of nitro groups is 1. The minimum Gasteiger partial charge on any atom is -0.352 e. The Hall–Kier alpha value is -3.47. The second kappa shape index (κ2) is 8.07. The molecule has 2 aromatic rings. The summed E-state index contributed by atoms with van der Waals surface area (Å²) in [6.07, 6.45) is 0.491. The molecule has 0 saturated carbocycles. The summed E-state index contributed by atoms with van der Waals surface area (Å²) in [5.74, 6) is -0.272. The lowest BCUT2D eigenvalue weighted by atomic mass is 9.99. The summed E-state index contributed by atoms with van der Waals surface area (Å²) in [6.45, 7) is 3.46. The van der Waals surface area contributed by atoms with Crippen molar-refractivity contribution >= 4 is 11.6 Å². The van der Waals surface area contributed by atoms with Gasteiger partial charge in [0.05, 0.1) is 4.92 Å². The Labute approximate surface area is 149 Å². The van der Waals surface area contributed by atoms with Crippen LogP contribution < -0.4 is 10.9 Å². The lowest BCUT2D eigenvalue weighted by Crippen LogP contribution is -2.24. The summed E-state index contributed by atoms with van der Waals surface area (Å²) in [7, 11) is 0. The average molecular weight is 354 g/mol. The molecule has 8 heteroatoms. The maximum atomic E-state index is 12.1. The average Bonchev–Trinajstić information content (AvgIpc) is 2.60. The van der Waals surface area contributed by atoms with E-state index in [4.69, 9.17) is 5.26 Å². The minimum absolute atomic E-state index is 0.0428. The maximum absolute atomic E-state index is 12.1. The fraction of sp³-hybridized carbons (Fsp3) is 0.278. The molecule has 0 aliphatic rings. The van der Waals surface area contributed by atoms with E-state index in [0.29, 0.717) is 23.2 Å². The Balaban J connectivity index is 2.04. The molecule has 1 amide bonds. The Morgan fingerprint density at radius 2 is 2.04 bits per heavy atom. The number of pyridine rings is 1. The number of carbonyl (C=O) groups is 1. The first-order valence-corrected chi connectivity index (χ1v) is 7.96. The number of nitro benzene ring substituents is 1. The van der Waals surface area contributed by atoms with Crippen molar-refractivity contribution in [1.29, 1.82) is 5.26 Å². The Morgan fingerprint density at radius 3 is 2.69 bits per heavy atom. The molecule has 1 aromatic heterocycles. The molecular formula is C18H18N4O4. The van der Waals surface area contributed by atoms with Gasteiger partial charge in [0.15, 0.2) is 0 Å². The van der Waals surface area contributed by atoms with Gasteiger partial charge in [0, 0.05) is 30.3 Å². The van der Waals surface area contributed by atoms with E-state index >= 15 is 0 Å². The van der Waals surface area contributed by atoms with E-state index in [0.717, 1.165) is 5.56 Å². The molecule has 0 aliphatic heterocycles. The second-order valence-electron chi connectivity index (χ2n) is 5.83. The maximum Gasteiger partial charge on any atom is 0.274 e. The van der Waals surface area contributed by atoms with Gasteiger partial charge in [0.25, 0.3) is 11.2 Å². The summed E-state index contributed by atoms with van der Waals surface area (Å²) in [5.41, 5.74) is 1.94. The zero-order chi connectivity index (χ0) is 19.3. The van der Waals surface area contributed by atoms with E-state index in [-0.39, 0.29) is 30.1 Å². The van der Waals surface area contributed by atoms with Crippen LogP contribution in [0.4, 0.5) is 5.69 Å². The van der Waals surface area contributed by atoms with Crippen LogP contribution in [0, 0.1) is 35.3 Å². The number of aromatic amines is 1. The van der Waals surface area contributed by atoms with Crippen LogP contribution in [0.1, 0.15) is 34.4 Å². The number of hydrogen-bond acceptors (Lipinski definition) is 5. The molecule has 0 fully saturated rings. The molecule has 0 spiro atoms. The quantitative estimate of drug-likeness (QED) is 0.605. The van der Waals surface area contributed by atoms with Crippen molar-refractivity contribution in [1.82, 2.24) is 10.3 Å². The highest BCUT2D eigenvalue weighted by Crippen LogP contribution is 2.18. The van der Waals surface area contributed by atoms with Crippen LogP contribution in [0.15, 0.2) is 29.1 Å². The summed E-state index contributed by atoms with van der Waals surface area (Å²) in [6, 6.07) is 8.09. The third-order valence-corrected chi connectivity index (χ3v) is 4.19. The zero-order valence-corrected chi connectivity index (χ0v) is 14.5. The lowest BCUT2D eigenvalue weighted by molar-refractivity contribution is -0.385. The van der Waals surface area contributed by atoms with E-state index in [1.54, 1.807) is 32.0 Å². The van der Waals surface area contributed by atoms with Gasteiger partial charge in [0.2, 0.25) is 5.91 Å². The predicted octanol–water partition coefficient (Wildman–Crippen LogP) is 2.02. The molecule has 0 saturated heterocycles. The number of rotatable bonds is 6. The van der Waals surface area contributed by atoms with Crippen molar-refractivity contribution in [3.05, 3.63) is 72.7 Å². The van der Waals surface area contributed by atoms with Crippen molar-refractivity contribution in [3.8, 4) is 6.07 Å². The van der Waals surface area contributed by atoms with Crippen molar-refractivity contribution < 1.29 is 9.72 Å². The van der Waals surface area contributed by atoms with E-state index < -0.39 is 10.5 Å². The highest BCUT2D eigenvalue weighted by atomic mass is 16.6. The van der Waals surface area contributed by atoms with Gasteiger partial charge in [-0.1, -0.05) is 18.2 Å². The molecule has 0 aliphatic carbocycles. The van der Waals surface area contributed by atoms with Crippen molar-refractivity contribution in [2.24, 2.45) is 0 Å². The number of hydrogen-bond donors (Lipinski definition) is 2. The normalized spacial score (nSPS) is 10.2. The Morgan fingerprint density at radius 1 is 1.35 bits per heavy atom. The van der Waals surface area contributed by atoms with Crippen LogP contribution in [0.25, 0.3) is 0 Å². The van der Waals surface area contributed by atoms with E-state index in [1.165, 1.54) is 6.07 Å². The third-order valence-electron chi connectivity index (χ3n) is 4.19. The Bertz CT molecular complexity index is 957. The zero-order valence-electron chi connectivity index (χ0n) is 14.5. The largest absolute Gasteiger partial charge is 0.352 e. The molecule has 0 radical (unpaired) electrons. The van der Waals surface area contributed by atoms with Gasteiger partial charge >= 0.3 is 0 Å². The predicted molar refractivity (Wildman–Crippen MR) is 94.5 cm³/mol. The summed E-state index contributed by atoms with van der Waals surface area (Å²) in [4.78, 5) is 36.9. The van der Waals surface area contributed by atoms with Crippen molar-refractivity contribution in [3.63, 3.8) is 0 Å². The van der Waals surface area contributed by atoms with Crippen LogP contribution in [0.3, 0.4) is 0 Å². The molecule has 8 nitrogen and oxygen atoms in total. The van der Waals surface area contributed by atoms with Gasteiger partial charge in [-0.2, -0.15) is 5.26 Å². The third kappa shape index (κ3) is 4.13. The number of carbonyl (C=O) groups excluding carboxylic acids is 1. The van der Waals surface area contributed by atoms with Gasteiger partial charge in [-0.05, 0) is 31.4 Å². The number of nitrogens with one attached hydrogen (secondary N) is 2. The molecule has 0 unspecified atom stereocenters. The number of aromatic nitrogens is 1. The fourth-order valence-corrected chi connectivity index (χ4v) is 2.78. The SMILES string of the molecule is Cc1[nH]c(=O)c(C#N)c(C)c1CCC(=O)NCc1ccccc1[N+](=O)[O-]. The van der Waals surface area contributed by atoms with Crippen molar-refractivity contribution in [2.75, 3.05) is 0 Å². The first-order chi connectivity index (χ1) is 12.3. The van der Waals surface area contributed by atoms with Crippen LogP contribution in [-0.2, 0) is 17.8 Å². The van der Waals surface area contributed by atoms with Crippen LogP contribution >= 0.6 is 0 Å². The highest BCUT2D eigenvalue weighted by Gasteiger charge is 2.15. The number of aryl methyl sites for hydroxylation is 1. The molecule has 134 valence electrons. The van der Waals surface area contributed by atoms with Crippen molar-refractivity contribution in [2.45, 2.75) is 33.2 Å². The highest BCUT2D eigenvalue weighted by molar-refractivity contribution is 5.76. The summed E-state index contributed by atoms with van der Waals surface area (Å²) in [5, 5.41) is 22.7. The molecular weight excluding hydrogens is 336 g/mol. The fourth-order valence-electron chi connectivity index (χ4n) is 2.78. The molecule has 1 heterocycles. The van der Waals surface area contributed by atoms with Crippen LogP contribution in [-0.4, -0.2) is 15.8 Å². The van der Waals surface area contributed by atoms with Gasteiger partial charge in [-0.25, -0.2) is 0 Å². The lowest BCUT2D eigenvalue weighted by Gasteiger charge is -2.11. The van der Waals surface area contributed by atoms with E-state index in [1.807, 2.05) is 6.07 Å². The summed E-state index contributed by atoms with van der Waals surface area (Å²) >= 11 is 0. The second-order valence-corrected chi connectivity index (χ2v) is 5.83. The monoisotopic (exact) mass is 354 g/mol. The van der Waals surface area contributed by atoms with E-state index in [2.05, 4.69) is 10.3 Å². The van der Waals surface area contributed by atoms with Crippen LogP contribution in [0.5, 0.6) is 0 Å². The first-order valence-electron chi connectivity index (χ1n) is 7.96. The van der Waals surface area contributed by atoms with Gasteiger partial charge < -0.3 is 10.3 Å². The number of H-pyrrole nitrogens is 1. The number of para-hydroxylation sites is 1. The molecule has 0 bridgehead atoms. The number of nitriles is 1. The molecule has 2 N–H and O–H groups in total. The topological polar surface area (TPSA) is 129 Å². The molecule has 0 atom stereocenters. The number of amides is 1. The van der Waals surface area contributed by atoms with Gasteiger partial charge in [-0.3, -0.25) is 19.7 Å². The minimum atomic E-state index is -0.488. The number of benzene rings is 1. The molecule has 26 heavy (non-hydrogen) atoms. The van der Waals surface area contributed by atoms with E-state index in [9.17, 15) is 19.7 Å². The molecule has 2 rings (SSSR count). The van der Waals surface area contributed by atoms with Gasteiger partial charge in [0.1, 0.15) is 11.6 Å². The summed E-state index contributed by atoms with van der Waals surface area (Å²) < 4.78 is 0. The van der Waals surface area contributed by atoms with Crippen LogP contribution in [0.2, 0.25) is 0 Å². The van der Waals surface area contributed by atoms with Gasteiger partial charge in [-0.15, -0.1) is 0 Å².